The number of hydrogen-bond acceptors (Lipinski definition) is 8. The third kappa shape index (κ3) is 8.70. The van der Waals surface area contributed by atoms with Crippen LogP contribution < -0.4 is 20.1 Å². The lowest BCUT2D eigenvalue weighted by Crippen LogP contribution is -2.44. The Morgan fingerprint density at radius 2 is 1.78 bits per heavy atom. The SMILES string of the molecule is Cc1cccc(C)c1NC(=O)c1cnc(Nc2ccc(OCCCN3CCN(C)CC3)c(F)c2)nc1Oc1ccc(Br)cc1Cl. The number of carbonyl (C=O) groups is 1. The van der Waals surface area contributed by atoms with Gasteiger partial charge in [-0.05, 0) is 68.8 Å². The van der Waals surface area contributed by atoms with Crippen LogP contribution in [0.1, 0.15) is 27.9 Å². The Labute approximate surface area is 275 Å². The lowest BCUT2D eigenvalue weighted by molar-refractivity contribution is 0.102. The van der Waals surface area contributed by atoms with Crippen LogP contribution in [-0.2, 0) is 0 Å². The number of carbonyl (C=O) groups excluding carboxylic acids is 1. The average Bonchev–Trinajstić information content (AvgIpc) is 3.00. The number of nitrogens with one attached hydrogen (secondary N) is 2. The molecule has 12 heteroatoms. The highest BCUT2D eigenvalue weighted by molar-refractivity contribution is 9.10. The average molecular weight is 698 g/mol. The van der Waals surface area contributed by atoms with Gasteiger partial charge in [-0.15, -0.1) is 0 Å². The summed E-state index contributed by atoms with van der Waals surface area (Å²) in [5, 5.41) is 6.25. The Morgan fingerprint density at radius 1 is 1.04 bits per heavy atom. The molecule has 2 heterocycles. The number of aromatic nitrogens is 2. The van der Waals surface area contributed by atoms with Crippen molar-refractivity contribution in [3.8, 4) is 17.4 Å². The number of hydrogen-bond donors (Lipinski definition) is 2. The number of rotatable bonds is 11. The van der Waals surface area contributed by atoms with E-state index in [-0.39, 0.29) is 23.1 Å². The van der Waals surface area contributed by atoms with Crippen molar-refractivity contribution in [2.45, 2.75) is 20.3 Å². The first kappa shape index (κ1) is 32.6. The van der Waals surface area contributed by atoms with Crippen LogP contribution >= 0.6 is 27.5 Å². The van der Waals surface area contributed by atoms with Gasteiger partial charge in [0.25, 0.3) is 5.91 Å². The fourth-order valence-corrected chi connectivity index (χ4v) is 5.59. The highest BCUT2D eigenvalue weighted by Gasteiger charge is 2.20. The smallest absolute Gasteiger partial charge is 0.262 e. The maximum absolute atomic E-state index is 14.9. The standard InChI is InChI=1S/C33H35BrClFN6O3/c1-21-6-4-7-22(2)30(21)39-31(43)25-20-37-33(40-32(25)45-28-10-8-23(34)18-26(28)35)38-24-9-11-29(27(36)19-24)44-17-5-12-42-15-13-41(3)14-16-42/h4,6-11,18-20H,5,12-17H2,1-3H3,(H,39,43)(H,37,38,40). The number of piperazine rings is 1. The largest absolute Gasteiger partial charge is 0.490 e. The van der Waals surface area contributed by atoms with Crippen LogP contribution in [0.5, 0.6) is 17.4 Å². The molecule has 9 nitrogen and oxygen atoms in total. The second-order valence-electron chi connectivity index (χ2n) is 10.9. The monoisotopic (exact) mass is 696 g/mol. The molecule has 236 valence electrons. The van der Waals surface area contributed by atoms with E-state index in [1.54, 1.807) is 30.3 Å². The topological polar surface area (TPSA) is 91.8 Å². The van der Waals surface area contributed by atoms with Gasteiger partial charge in [0.05, 0.1) is 11.6 Å². The maximum Gasteiger partial charge on any atom is 0.262 e. The van der Waals surface area contributed by atoms with Crippen molar-refractivity contribution in [2.75, 3.05) is 57.0 Å². The summed E-state index contributed by atoms with van der Waals surface area (Å²) >= 11 is 9.78. The zero-order valence-electron chi connectivity index (χ0n) is 25.4. The lowest BCUT2D eigenvalue weighted by Gasteiger charge is -2.32. The van der Waals surface area contributed by atoms with Gasteiger partial charge in [0.15, 0.2) is 11.6 Å². The Balaban J connectivity index is 1.30. The summed E-state index contributed by atoms with van der Waals surface area (Å²) in [5.41, 5.74) is 3.00. The third-order valence-corrected chi connectivity index (χ3v) is 8.27. The normalized spacial score (nSPS) is 13.8. The first-order valence-electron chi connectivity index (χ1n) is 14.6. The second kappa shape index (κ2) is 15.0. The summed E-state index contributed by atoms with van der Waals surface area (Å²) in [5.74, 6) is -0.425. The van der Waals surface area contributed by atoms with Crippen LogP contribution in [0.4, 0.5) is 21.7 Å². The molecule has 2 N–H and O–H groups in total. The molecule has 0 saturated carbocycles. The molecule has 0 aliphatic carbocycles. The van der Waals surface area contributed by atoms with E-state index in [9.17, 15) is 9.18 Å². The maximum atomic E-state index is 14.9. The number of halogens is 3. The fraction of sp³-hybridized carbons (Fsp3) is 0.303. The van der Waals surface area contributed by atoms with Gasteiger partial charge in [0, 0.05) is 60.8 Å². The number of nitrogens with zero attached hydrogens (tertiary/aromatic N) is 4. The Bertz CT molecular complexity index is 1650. The summed E-state index contributed by atoms with van der Waals surface area (Å²) < 4.78 is 27.5. The predicted molar refractivity (Wildman–Crippen MR) is 179 cm³/mol. The summed E-state index contributed by atoms with van der Waals surface area (Å²) in [6, 6.07) is 15.4. The fourth-order valence-electron chi connectivity index (χ4n) is 4.88. The number of benzene rings is 3. The Kier molecular flexibility index (Phi) is 10.9. The minimum atomic E-state index is -0.512. The van der Waals surface area contributed by atoms with Crippen molar-refractivity contribution < 1.29 is 18.7 Å². The quantitative estimate of drug-likeness (QED) is 0.156. The van der Waals surface area contributed by atoms with Crippen LogP contribution in [0.15, 0.2) is 65.3 Å². The van der Waals surface area contributed by atoms with Crippen LogP contribution in [0.3, 0.4) is 0 Å². The number of anilines is 3. The molecule has 1 aliphatic rings. The van der Waals surface area contributed by atoms with E-state index in [0.717, 1.165) is 54.7 Å². The van der Waals surface area contributed by atoms with Gasteiger partial charge in [0.2, 0.25) is 11.8 Å². The molecule has 1 saturated heterocycles. The molecule has 0 spiro atoms. The van der Waals surface area contributed by atoms with E-state index in [1.165, 1.54) is 12.3 Å². The molecule has 1 aromatic heterocycles. The molecule has 3 aromatic carbocycles. The molecule has 0 unspecified atom stereocenters. The van der Waals surface area contributed by atoms with E-state index in [2.05, 4.69) is 53.4 Å². The van der Waals surface area contributed by atoms with Gasteiger partial charge < -0.3 is 29.9 Å². The number of para-hydroxylation sites is 1. The zero-order chi connectivity index (χ0) is 31.9. The summed E-state index contributed by atoms with van der Waals surface area (Å²) in [7, 11) is 2.13. The molecule has 4 aromatic rings. The van der Waals surface area contributed by atoms with Crippen molar-refractivity contribution >= 4 is 50.8 Å². The van der Waals surface area contributed by atoms with Crippen LogP contribution in [0.25, 0.3) is 0 Å². The van der Waals surface area contributed by atoms with Gasteiger partial charge in [-0.2, -0.15) is 4.98 Å². The highest BCUT2D eigenvalue weighted by Crippen LogP contribution is 2.34. The minimum absolute atomic E-state index is 0.0266. The van der Waals surface area contributed by atoms with Crippen molar-refractivity contribution in [3.05, 3.63) is 92.8 Å². The molecule has 1 fully saturated rings. The molecular formula is C33H35BrClFN6O3. The highest BCUT2D eigenvalue weighted by atomic mass is 79.9. The van der Waals surface area contributed by atoms with Gasteiger partial charge in [-0.3, -0.25) is 4.79 Å². The van der Waals surface area contributed by atoms with Gasteiger partial charge in [-0.25, -0.2) is 9.37 Å². The first-order chi connectivity index (χ1) is 21.7. The van der Waals surface area contributed by atoms with E-state index < -0.39 is 11.7 Å². The molecule has 45 heavy (non-hydrogen) atoms. The first-order valence-corrected chi connectivity index (χ1v) is 15.8. The van der Waals surface area contributed by atoms with Gasteiger partial charge in [0.1, 0.15) is 11.3 Å². The van der Waals surface area contributed by atoms with Crippen molar-refractivity contribution in [3.63, 3.8) is 0 Å². The second-order valence-corrected chi connectivity index (χ2v) is 12.3. The number of ether oxygens (including phenoxy) is 2. The number of aryl methyl sites for hydroxylation is 2. The van der Waals surface area contributed by atoms with Crippen molar-refractivity contribution in [1.29, 1.82) is 0 Å². The molecule has 0 atom stereocenters. The summed E-state index contributed by atoms with van der Waals surface area (Å²) in [4.78, 5) is 26.9. The van der Waals surface area contributed by atoms with E-state index in [4.69, 9.17) is 21.1 Å². The summed E-state index contributed by atoms with van der Waals surface area (Å²) in [6.45, 7) is 9.35. The third-order valence-electron chi connectivity index (χ3n) is 7.48. The van der Waals surface area contributed by atoms with E-state index in [0.29, 0.717) is 28.8 Å². The Morgan fingerprint density at radius 3 is 2.49 bits per heavy atom. The van der Waals surface area contributed by atoms with E-state index >= 15 is 0 Å². The lowest BCUT2D eigenvalue weighted by atomic mass is 10.1. The van der Waals surface area contributed by atoms with Gasteiger partial charge in [-0.1, -0.05) is 45.7 Å². The van der Waals surface area contributed by atoms with Crippen molar-refractivity contribution in [2.24, 2.45) is 0 Å². The Hall–Kier alpha value is -3.77. The molecule has 0 radical (unpaired) electrons. The minimum Gasteiger partial charge on any atom is -0.490 e. The van der Waals surface area contributed by atoms with Crippen LogP contribution in [-0.4, -0.2) is 72.1 Å². The van der Waals surface area contributed by atoms with Gasteiger partial charge >= 0.3 is 0 Å². The van der Waals surface area contributed by atoms with E-state index in [1.807, 2.05) is 32.0 Å². The zero-order valence-corrected chi connectivity index (χ0v) is 27.7. The molecule has 0 bridgehead atoms. The summed E-state index contributed by atoms with van der Waals surface area (Å²) in [6.07, 6.45) is 2.17. The van der Waals surface area contributed by atoms with Crippen LogP contribution in [0, 0.1) is 19.7 Å². The predicted octanol–water partition coefficient (Wildman–Crippen LogP) is 7.45. The molecule has 1 amide bonds. The van der Waals surface area contributed by atoms with Crippen LogP contribution in [0.2, 0.25) is 5.02 Å². The number of amides is 1. The molecule has 5 rings (SSSR count). The molecular weight excluding hydrogens is 663 g/mol. The van der Waals surface area contributed by atoms with Crippen molar-refractivity contribution in [1.82, 2.24) is 19.8 Å². The number of likely N-dealkylation sites (N-methyl/N-ethyl adjacent to an activating group) is 1. The molecule has 1 aliphatic heterocycles.